The maximum atomic E-state index is 13.8. The molecule has 3 unspecified atom stereocenters. The smallest absolute Gasteiger partial charge is 0.191 e. The summed E-state index contributed by atoms with van der Waals surface area (Å²) in [5, 5.41) is 6.76. The average molecular weight is 384 g/mol. The Kier molecular flexibility index (Phi) is 5.54. The molecule has 0 aliphatic carbocycles. The Labute approximate surface area is 145 Å². The van der Waals surface area contributed by atoms with Crippen LogP contribution in [0.5, 0.6) is 0 Å². The standard InChI is InChI=1S/C17H23BrFN3O/c1-20-17(22-15-10-13-6-7-16(15)23-13)21-8-2-3-11-4-5-12(18)9-14(11)19/h4-5,9,13,15-16H,2-3,6-8,10H2,1H3,(H2,20,21,22). The highest BCUT2D eigenvalue weighted by Gasteiger charge is 2.41. The molecule has 2 N–H and O–H groups in total. The van der Waals surface area contributed by atoms with Crippen LogP contribution in [0.15, 0.2) is 27.7 Å². The Bertz CT molecular complexity index is 581. The fourth-order valence-corrected chi connectivity index (χ4v) is 3.70. The molecule has 0 amide bonds. The van der Waals surface area contributed by atoms with Gasteiger partial charge in [0.1, 0.15) is 5.82 Å². The van der Waals surface area contributed by atoms with Crippen LogP contribution in [-0.4, -0.2) is 37.8 Å². The second-order valence-electron chi connectivity index (χ2n) is 6.20. The fraction of sp³-hybridized carbons (Fsp3) is 0.588. The predicted molar refractivity (Wildman–Crippen MR) is 93.2 cm³/mol. The summed E-state index contributed by atoms with van der Waals surface area (Å²) in [4.78, 5) is 4.27. The lowest BCUT2D eigenvalue weighted by molar-refractivity contribution is 0.0992. The van der Waals surface area contributed by atoms with Crippen molar-refractivity contribution in [2.45, 2.75) is 50.4 Å². The number of rotatable bonds is 5. The van der Waals surface area contributed by atoms with Crippen LogP contribution in [0.1, 0.15) is 31.2 Å². The zero-order valence-electron chi connectivity index (χ0n) is 13.3. The summed E-state index contributed by atoms with van der Waals surface area (Å²) < 4.78 is 20.4. The van der Waals surface area contributed by atoms with Crippen molar-refractivity contribution in [1.82, 2.24) is 10.6 Å². The van der Waals surface area contributed by atoms with E-state index < -0.39 is 0 Å². The van der Waals surface area contributed by atoms with Crippen LogP contribution < -0.4 is 10.6 Å². The summed E-state index contributed by atoms with van der Waals surface area (Å²) in [5.74, 6) is 0.656. The van der Waals surface area contributed by atoms with Gasteiger partial charge in [-0.05, 0) is 49.8 Å². The van der Waals surface area contributed by atoms with Crippen molar-refractivity contribution >= 4 is 21.9 Å². The summed E-state index contributed by atoms with van der Waals surface area (Å²) in [6, 6.07) is 5.59. The molecule has 2 bridgehead atoms. The average Bonchev–Trinajstić information content (AvgIpc) is 3.14. The van der Waals surface area contributed by atoms with Gasteiger partial charge >= 0.3 is 0 Å². The second-order valence-corrected chi connectivity index (χ2v) is 7.11. The van der Waals surface area contributed by atoms with Crippen LogP contribution in [0.2, 0.25) is 0 Å². The second kappa shape index (κ2) is 7.62. The molecule has 3 rings (SSSR count). The maximum absolute atomic E-state index is 13.8. The number of ether oxygens (including phenoxy) is 1. The number of halogens is 2. The highest BCUT2D eigenvalue weighted by atomic mass is 79.9. The summed E-state index contributed by atoms with van der Waals surface area (Å²) >= 11 is 3.28. The van der Waals surface area contributed by atoms with Crippen LogP contribution in [0, 0.1) is 5.82 Å². The van der Waals surface area contributed by atoms with E-state index in [9.17, 15) is 4.39 Å². The van der Waals surface area contributed by atoms with Gasteiger partial charge in [-0.1, -0.05) is 22.0 Å². The molecule has 0 aromatic heterocycles. The van der Waals surface area contributed by atoms with Crippen molar-refractivity contribution in [3.63, 3.8) is 0 Å². The first-order valence-electron chi connectivity index (χ1n) is 8.22. The fourth-order valence-electron chi connectivity index (χ4n) is 3.37. The highest BCUT2D eigenvalue weighted by molar-refractivity contribution is 9.10. The molecule has 1 aromatic rings. The number of nitrogens with zero attached hydrogens (tertiary/aromatic N) is 1. The number of nitrogens with one attached hydrogen (secondary N) is 2. The first-order valence-corrected chi connectivity index (χ1v) is 9.01. The van der Waals surface area contributed by atoms with E-state index in [1.165, 1.54) is 12.5 Å². The van der Waals surface area contributed by atoms with Gasteiger partial charge in [-0.25, -0.2) is 4.39 Å². The number of hydrogen-bond acceptors (Lipinski definition) is 2. The first kappa shape index (κ1) is 16.7. The van der Waals surface area contributed by atoms with Gasteiger partial charge < -0.3 is 15.4 Å². The molecule has 1 aromatic carbocycles. The SMILES string of the molecule is CN=C(NCCCc1ccc(Br)cc1F)NC1CC2CCC1O2. The molecule has 0 spiro atoms. The van der Waals surface area contributed by atoms with Crippen LogP contribution in [0.3, 0.4) is 0 Å². The van der Waals surface area contributed by atoms with E-state index in [2.05, 4.69) is 31.6 Å². The molecule has 126 valence electrons. The molecular weight excluding hydrogens is 361 g/mol. The molecule has 2 aliphatic rings. The van der Waals surface area contributed by atoms with E-state index in [0.717, 1.165) is 41.8 Å². The molecule has 2 heterocycles. The maximum Gasteiger partial charge on any atom is 0.191 e. The Balaban J connectivity index is 1.40. The number of hydrogen-bond donors (Lipinski definition) is 2. The predicted octanol–water partition coefficient (Wildman–Crippen LogP) is 3.01. The van der Waals surface area contributed by atoms with Gasteiger partial charge in [0, 0.05) is 18.1 Å². The minimum Gasteiger partial charge on any atom is -0.373 e. The summed E-state index contributed by atoms with van der Waals surface area (Å²) in [6.45, 7) is 0.761. The molecule has 2 aliphatic heterocycles. The topological polar surface area (TPSA) is 45.7 Å². The van der Waals surface area contributed by atoms with Crippen LogP contribution in [-0.2, 0) is 11.2 Å². The number of benzene rings is 1. The van der Waals surface area contributed by atoms with Gasteiger partial charge in [-0.2, -0.15) is 0 Å². The number of guanidine groups is 1. The van der Waals surface area contributed by atoms with Crippen molar-refractivity contribution in [3.05, 3.63) is 34.1 Å². The van der Waals surface area contributed by atoms with Crippen molar-refractivity contribution in [1.29, 1.82) is 0 Å². The van der Waals surface area contributed by atoms with Crippen molar-refractivity contribution in [2.24, 2.45) is 4.99 Å². The summed E-state index contributed by atoms with van der Waals surface area (Å²) in [7, 11) is 1.78. The van der Waals surface area contributed by atoms with Crippen molar-refractivity contribution in [2.75, 3.05) is 13.6 Å². The monoisotopic (exact) mass is 383 g/mol. The molecule has 23 heavy (non-hydrogen) atoms. The lowest BCUT2D eigenvalue weighted by Gasteiger charge is -2.22. The Hall–Kier alpha value is -1.14. The quantitative estimate of drug-likeness (QED) is 0.466. The van der Waals surface area contributed by atoms with E-state index in [-0.39, 0.29) is 5.82 Å². The minimum absolute atomic E-state index is 0.152. The van der Waals surface area contributed by atoms with Gasteiger partial charge in [-0.15, -0.1) is 0 Å². The third kappa shape index (κ3) is 4.23. The number of aliphatic imine (C=N–C) groups is 1. The Morgan fingerprint density at radius 2 is 2.30 bits per heavy atom. The van der Waals surface area contributed by atoms with Gasteiger partial charge in [0.15, 0.2) is 5.96 Å². The molecule has 2 fully saturated rings. The first-order chi connectivity index (χ1) is 11.2. The van der Waals surface area contributed by atoms with Crippen LogP contribution >= 0.6 is 15.9 Å². The number of aryl methyl sites for hydroxylation is 1. The summed E-state index contributed by atoms with van der Waals surface area (Å²) in [5.41, 5.74) is 0.749. The molecular formula is C17H23BrFN3O. The molecule has 0 radical (unpaired) electrons. The Morgan fingerprint density at radius 1 is 1.43 bits per heavy atom. The lowest BCUT2D eigenvalue weighted by Crippen LogP contribution is -2.47. The highest BCUT2D eigenvalue weighted by Crippen LogP contribution is 2.34. The van der Waals surface area contributed by atoms with E-state index in [4.69, 9.17) is 4.74 Å². The van der Waals surface area contributed by atoms with E-state index in [0.29, 0.717) is 24.7 Å². The largest absolute Gasteiger partial charge is 0.373 e. The van der Waals surface area contributed by atoms with E-state index >= 15 is 0 Å². The minimum atomic E-state index is -0.152. The third-order valence-corrected chi connectivity index (χ3v) is 5.08. The van der Waals surface area contributed by atoms with Crippen LogP contribution in [0.25, 0.3) is 0 Å². The molecule has 3 atom stereocenters. The van der Waals surface area contributed by atoms with Gasteiger partial charge in [0.05, 0.1) is 18.2 Å². The van der Waals surface area contributed by atoms with Crippen LogP contribution in [0.4, 0.5) is 4.39 Å². The van der Waals surface area contributed by atoms with E-state index in [1.807, 2.05) is 12.1 Å². The normalized spacial score (nSPS) is 26.6. The van der Waals surface area contributed by atoms with Crippen molar-refractivity contribution < 1.29 is 9.13 Å². The van der Waals surface area contributed by atoms with Gasteiger partial charge in [0.2, 0.25) is 0 Å². The summed E-state index contributed by atoms with van der Waals surface area (Å²) in [6.07, 6.45) is 5.71. The molecule has 6 heteroatoms. The number of fused-ring (bicyclic) bond motifs is 2. The molecule has 0 saturated carbocycles. The Morgan fingerprint density at radius 3 is 2.96 bits per heavy atom. The zero-order chi connectivity index (χ0) is 16.2. The van der Waals surface area contributed by atoms with Crippen molar-refractivity contribution in [3.8, 4) is 0 Å². The van der Waals surface area contributed by atoms with E-state index in [1.54, 1.807) is 7.05 Å². The zero-order valence-corrected chi connectivity index (χ0v) is 14.9. The van der Waals surface area contributed by atoms with Gasteiger partial charge in [-0.3, -0.25) is 4.99 Å². The molecule has 2 saturated heterocycles. The molecule has 4 nitrogen and oxygen atoms in total. The third-order valence-electron chi connectivity index (χ3n) is 4.58. The lowest BCUT2D eigenvalue weighted by atomic mass is 9.96. The van der Waals surface area contributed by atoms with Gasteiger partial charge in [0.25, 0.3) is 0 Å².